The maximum absolute atomic E-state index is 12.9. The monoisotopic (exact) mass is 268 g/mol. The molecular weight excluding hydrogens is 251 g/mol. The summed E-state index contributed by atoms with van der Waals surface area (Å²) in [6.07, 6.45) is 2.85. The lowest BCUT2D eigenvalue weighted by Crippen LogP contribution is -2.09. The molecule has 4 heteroatoms. The van der Waals surface area contributed by atoms with Gasteiger partial charge in [0.2, 0.25) is 0 Å². The van der Waals surface area contributed by atoms with Crippen molar-refractivity contribution in [1.82, 2.24) is 0 Å². The Bertz CT molecular complexity index is 438. The van der Waals surface area contributed by atoms with E-state index in [2.05, 4.69) is 11.4 Å². The summed E-state index contributed by atoms with van der Waals surface area (Å²) in [4.78, 5) is 0. The van der Waals surface area contributed by atoms with Gasteiger partial charge in [0.15, 0.2) is 0 Å². The predicted octanol–water partition coefficient (Wildman–Crippen LogP) is 4.61. The van der Waals surface area contributed by atoms with E-state index in [1.807, 2.05) is 13.8 Å². The molecule has 18 heavy (non-hydrogen) atoms. The zero-order chi connectivity index (χ0) is 13.6. The average molecular weight is 269 g/mol. The predicted molar refractivity (Wildman–Crippen MR) is 73.1 cm³/mol. The van der Waals surface area contributed by atoms with Crippen LogP contribution in [-0.4, -0.2) is 6.54 Å². The number of rotatable bonds is 6. The number of unbranched alkanes of at least 4 members (excludes halogenated alkanes) is 1. The highest BCUT2D eigenvalue weighted by atomic mass is 35.5. The summed E-state index contributed by atoms with van der Waals surface area (Å²) < 4.78 is 12.9. The molecule has 0 aliphatic rings. The van der Waals surface area contributed by atoms with E-state index in [0.29, 0.717) is 0 Å². The molecule has 0 aliphatic carbocycles. The average Bonchev–Trinajstić information content (AvgIpc) is 2.33. The van der Waals surface area contributed by atoms with Crippen molar-refractivity contribution in [2.24, 2.45) is 5.41 Å². The summed E-state index contributed by atoms with van der Waals surface area (Å²) in [6.45, 7) is 4.68. The van der Waals surface area contributed by atoms with Gasteiger partial charge in [-0.25, -0.2) is 4.39 Å². The maximum atomic E-state index is 12.9. The van der Waals surface area contributed by atoms with Crippen LogP contribution in [0.3, 0.4) is 0 Å². The van der Waals surface area contributed by atoms with E-state index in [1.165, 1.54) is 6.07 Å². The van der Waals surface area contributed by atoms with E-state index in [0.717, 1.165) is 31.5 Å². The highest BCUT2D eigenvalue weighted by Crippen LogP contribution is 2.22. The lowest BCUT2D eigenvalue weighted by atomic mass is 9.89. The quantitative estimate of drug-likeness (QED) is 0.765. The van der Waals surface area contributed by atoms with Crippen molar-refractivity contribution in [2.75, 3.05) is 11.9 Å². The second-order valence-electron chi connectivity index (χ2n) is 5.01. The Hall–Kier alpha value is -1.27. The van der Waals surface area contributed by atoms with Crippen LogP contribution < -0.4 is 5.32 Å². The van der Waals surface area contributed by atoms with Gasteiger partial charge in [-0.2, -0.15) is 5.26 Å². The molecule has 0 bridgehead atoms. The van der Waals surface area contributed by atoms with Gasteiger partial charge >= 0.3 is 0 Å². The third-order valence-electron chi connectivity index (χ3n) is 2.78. The first-order chi connectivity index (χ1) is 8.44. The van der Waals surface area contributed by atoms with Crippen LogP contribution in [0, 0.1) is 22.6 Å². The van der Waals surface area contributed by atoms with Crippen LogP contribution in [0.5, 0.6) is 0 Å². The Morgan fingerprint density at radius 1 is 1.39 bits per heavy atom. The molecule has 1 rings (SSSR count). The zero-order valence-electron chi connectivity index (χ0n) is 10.8. The van der Waals surface area contributed by atoms with E-state index in [-0.39, 0.29) is 10.4 Å². The summed E-state index contributed by atoms with van der Waals surface area (Å²) in [5.41, 5.74) is 0.570. The van der Waals surface area contributed by atoms with Gasteiger partial charge < -0.3 is 5.32 Å². The van der Waals surface area contributed by atoms with E-state index < -0.39 is 5.82 Å². The number of anilines is 1. The summed E-state index contributed by atoms with van der Waals surface area (Å²) >= 11 is 5.68. The van der Waals surface area contributed by atoms with Gasteiger partial charge in [-0.05, 0) is 44.9 Å². The van der Waals surface area contributed by atoms with E-state index in [1.54, 1.807) is 12.1 Å². The number of hydrogen-bond donors (Lipinski definition) is 1. The second-order valence-corrected chi connectivity index (χ2v) is 5.42. The number of nitrogens with zero attached hydrogens (tertiary/aromatic N) is 1. The Balaban J connectivity index is 2.26. The maximum Gasteiger partial charge on any atom is 0.141 e. The number of nitriles is 1. The van der Waals surface area contributed by atoms with Gasteiger partial charge in [0.1, 0.15) is 5.82 Å². The van der Waals surface area contributed by atoms with Crippen molar-refractivity contribution in [1.29, 1.82) is 5.26 Å². The van der Waals surface area contributed by atoms with Crippen LogP contribution in [0.2, 0.25) is 5.02 Å². The topological polar surface area (TPSA) is 35.8 Å². The fraction of sp³-hybridized carbons (Fsp3) is 0.500. The molecule has 0 saturated heterocycles. The highest BCUT2D eigenvalue weighted by Gasteiger charge is 2.15. The lowest BCUT2D eigenvalue weighted by molar-refractivity contribution is 0.430. The molecule has 0 aromatic heterocycles. The zero-order valence-corrected chi connectivity index (χ0v) is 11.5. The molecule has 1 N–H and O–H groups in total. The van der Waals surface area contributed by atoms with Crippen LogP contribution in [0.4, 0.5) is 10.1 Å². The number of nitrogens with one attached hydrogen (secondary N) is 1. The van der Waals surface area contributed by atoms with E-state index in [4.69, 9.17) is 16.9 Å². The smallest absolute Gasteiger partial charge is 0.141 e. The van der Waals surface area contributed by atoms with Crippen molar-refractivity contribution in [3.05, 3.63) is 29.0 Å². The molecule has 0 aliphatic heterocycles. The summed E-state index contributed by atoms with van der Waals surface area (Å²) in [5.74, 6) is -0.405. The largest absolute Gasteiger partial charge is 0.385 e. The minimum Gasteiger partial charge on any atom is -0.385 e. The summed E-state index contributed by atoms with van der Waals surface area (Å²) in [7, 11) is 0. The molecule has 0 unspecified atom stereocenters. The van der Waals surface area contributed by atoms with Gasteiger partial charge in [-0.15, -0.1) is 0 Å². The second kappa shape index (κ2) is 6.61. The van der Waals surface area contributed by atoms with Gasteiger partial charge in [0.05, 0.1) is 16.5 Å². The fourth-order valence-electron chi connectivity index (χ4n) is 1.59. The number of benzene rings is 1. The summed E-state index contributed by atoms with van der Waals surface area (Å²) in [5, 5.41) is 12.2. The first-order valence-corrected chi connectivity index (χ1v) is 6.42. The minimum atomic E-state index is -0.405. The van der Waals surface area contributed by atoms with Crippen molar-refractivity contribution in [3.63, 3.8) is 0 Å². The summed E-state index contributed by atoms with van der Waals surface area (Å²) in [6, 6.07) is 6.88. The van der Waals surface area contributed by atoms with Crippen LogP contribution >= 0.6 is 11.6 Å². The molecule has 1 aromatic carbocycles. The van der Waals surface area contributed by atoms with Gasteiger partial charge in [-0.3, -0.25) is 0 Å². The first kappa shape index (κ1) is 14.8. The molecule has 1 aromatic rings. The number of halogens is 2. The molecule has 0 radical (unpaired) electrons. The van der Waals surface area contributed by atoms with E-state index >= 15 is 0 Å². The van der Waals surface area contributed by atoms with Crippen LogP contribution in [0.25, 0.3) is 0 Å². The number of hydrogen-bond acceptors (Lipinski definition) is 2. The normalized spacial score (nSPS) is 11.1. The third-order valence-corrected chi connectivity index (χ3v) is 3.07. The Kier molecular flexibility index (Phi) is 5.43. The van der Waals surface area contributed by atoms with Crippen LogP contribution in [0.15, 0.2) is 18.2 Å². The molecule has 0 heterocycles. The van der Waals surface area contributed by atoms with Gasteiger partial charge in [-0.1, -0.05) is 18.0 Å². The molecule has 0 atom stereocenters. The van der Waals surface area contributed by atoms with E-state index in [9.17, 15) is 4.39 Å². The molecule has 98 valence electrons. The molecule has 0 amide bonds. The van der Waals surface area contributed by atoms with Gasteiger partial charge in [0, 0.05) is 12.2 Å². The Morgan fingerprint density at radius 3 is 2.72 bits per heavy atom. The lowest BCUT2D eigenvalue weighted by Gasteiger charge is -2.14. The SMILES string of the molecule is CC(C)(C#N)CCCCNc1ccc(F)c(Cl)c1. The van der Waals surface area contributed by atoms with Crippen molar-refractivity contribution in [3.8, 4) is 6.07 Å². The Labute approximate surface area is 113 Å². The first-order valence-electron chi connectivity index (χ1n) is 6.05. The van der Waals surface area contributed by atoms with Crippen LogP contribution in [0.1, 0.15) is 33.1 Å². The minimum absolute atomic E-state index is 0.130. The standard InChI is InChI=1S/C14H18ClFN2/c1-14(2,10-17)7-3-4-8-18-11-5-6-13(16)12(15)9-11/h5-6,9,18H,3-4,7-8H2,1-2H3. The third kappa shape index (κ3) is 4.93. The molecule has 0 fully saturated rings. The van der Waals surface area contributed by atoms with Crippen LogP contribution in [-0.2, 0) is 0 Å². The Morgan fingerprint density at radius 2 is 2.11 bits per heavy atom. The van der Waals surface area contributed by atoms with Crippen molar-refractivity contribution < 1.29 is 4.39 Å². The molecule has 0 saturated carbocycles. The molecule has 2 nitrogen and oxygen atoms in total. The van der Waals surface area contributed by atoms with Gasteiger partial charge in [0.25, 0.3) is 0 Å². The highest BCUT2D eigenvalue weighted by molar-refractivity contribution is 6.31. The molecular formula is C14H18ClFN2. The van der Waals surface area contributed by atoms with Crippen molar-refractivity contribution >= 4 is 17.3 Å². The molecule has 0 spiro atoms. The fourth-order valence-corrected chi connectivity index (χ4v) is 1.77. The van der Waals surface area contributed by atoms with Crippen molar-refractivity contribution in [2.45, 2.75) is 33.1 Å².